The Morgan fingerprint density at radius 3 is 1.83 bits per heavy atom. The normalized spacial score (nSPS) is 13.9. The van der Waals surface area contributed by atoms with Crippen LogP contribution in [0, 0.1) is 5.92 Å². The molecule has 0 aromatic heterocycles. The van der Waals surface area contributed by atoms with E-state index in [9.17, 15) is 34.2 Å². The van der Waals surface area contributed by atoms with Crippen LogP contribution in [0.25, 0.3) is 0 Å². The number of nitrogens with two attached hydrogens (primary N) is 1. The molecule has 12 heteroatoms. The van der Waals surface area contributed by atoms with Crippen LogP contribution >= 0.6 is 0 Å². The van der Waals surface area contributed by atoms with E-state index in [-0.39, 0.29) is 37.4 Å². The van der Waals surface area contributed by atoms with Crippen molar-refractivity contribution in [1.82, 2.24) is 16.0 Å². The van der Waals surface area contributed by atoms with Gasteiger partial charge in [0.15, 0.2) is 0 Å². The molecule has 0 aliphatic heterocycles. The number of hydrogen-bond donors (Lipinski definition) is 7. The Labute approximate surface area is 238 Å². The number of carboxylic acids is 2. The van der Waals surface area contributed by atoms with Gasteiger partial charge in [-0.15, -0.1) is 0 Å². The number of carboxylic acid groups (broad SMARTS) is 2. The molecule has 0 radical (unpaired) electrons. The van der Waals surface area contributed by atoms with Crippen LogP contribution < -0.4 is 21.7 Å². The number of aromatic hydroxyl groups is 1. The van der Waals surface area contributed by atoms with Gasteiger partial charge in [0.25, 0.3) is 0 Å². The van der Waals surface area contributed by atoms with Crippen molar-refractivity contribution in [2.24, 2.45) is 11.7 Å². The molecule has 0 saturated heterocycles. The van der Waals surface area contributed by atoms with E-state index in [1.165, 1.54) is 12.1 Å². The highest BCUT2D eigenvalue weighted by atomic mass is 16.4. The van der Waals surface area contributed by atoms with E-state index >= 15 is 0 Å². The van der Waals surface area contributed by atoms with Crippen molar-refractivity contribution in [3.63, 3.8) is 0 Å². The summed E-state index contributed by atoms with van der Waals surface area (Å²) in [5, 5.41) is 35.8. The zero-order valence-corrected chi connectivity index (χ0v) is 23.1. The first-order valence-corrected chi connectivity index (χ1v) is 13.3. The monoisotopic (exact) mass is 570 g/mol. The Morgan fingerprint density at radius 2 is 1.27 bits per heavy atom. The van der Waals surface area contributed by atoms with Crippen molar-refractivity contribution in [3.8, 4) is 5.75 Å². The summed E-state index contributed by atoms with van der Waals surface area (Å²) < 4.78 is 0. The fourth-order valence-corrected chi connectivity index (χ4v) is 4.09. The average Bonchev–Trinajstić information content (AvgIpc) is 2.91. The molecule has 222 valence electrons. The van der Waals surface area contributed by atoms with Crippen LogP contribution in [0.2, 0.25) is 0 Å². The molecule has 3 amide bonds. The Balaban J connectivity index is 2.14. The van der Waals surface area contributed by atoms with Crippen molar-refractivity contribution in [2.45, 2.75) is 70.1 Å². The lowest BCUT2D eigenvalue weighted by Crippen LogP contribution is -2.57. The van der Waals surface area contributed by atoms with Gasteiger partial charge in [-0.05, 0) is 48.4 Å². The zero-order chi connectivity index (χ0) is 30.5. The highest BCUT2D eigenvalue weighted by Crippen LogP contribution is 2.12. The number of benzene rings is 2. The summed E-state index contributed by atoms with van der Waals surface area (Å²) in [6, 6.07) is 10.0. The highest BCUT2D eigenvalue weighted by Gasteiger charge is 2.31. The smallest absolute Gasteiger partial charge is 0.326 e. The van der Waals surface area contributed by atoms with Gasteiger partial charge >= 0.3 is 11.9 Å². The summed E-state index contributed by atoms with van der Waals surface area (Å²) in [7, 11) is 0. The van der Waals surface area contributed by atoms with Gasteiger partial charge in [0.1, 0.15) is 23.9 Å². The second-order valence-electron chi connectivity index (χ2n) is 10.3. The van der Waals surface area contributed by atoms with Crippen molar-refractivity contribution >= 4 is 29.7 Å². The minimum absolute atomic E-state index is 0.0214. The van der Waals surface area contributed by atoms with E-state index in [1.807, 2.05) is 13.8 Å². The summed E-state index contributed by atoms with van der Waals surface area (Å²) in [6.07, 6.45) is -0.445. The second-order valence-corrected chi connectivity index (χ2v) is 10.3. The van der Waals surface area contributed by atoms with E-state index in [0.29, 0.717) is 11.1 Å². The van der Waals surface area contributed by atoms with E-state index in [1.54, 1.807) is 42.5 Å². The van der Waals surface area contributed by atoms with Crippen LogP contribution in [0.1, 0.15) is 44.2 Å². The molecule has 8 N–H and O–H groups in total. The fraction of sp³-hybridized carbons (Fsp3) is 0.414. The third kappa shape index (κ3) is 11.7. The van der Waals surface area contributed by atoms with Crippen LogP contribution in [0.3, 0.4) is 0 Å². The maximum atomic E-state index is 13.3. The van der Waals surface area contributed by atoms with Gasteiger partial charge in [-0.3, -0.25) is 19.2 Å². The van der Waals surface area contributed by atoms with Crippen molar-refractivity contribution in [3.05, 3.63) is 65.7 Å². The van der Waals surface area contributed by atoms with E-state index in [4.69, 9.17) is 10.8 Å². The number of aliphatic carboxylic acids is 2. The molecule has 0 heterocycles. The summed E-state index contributed by atoms with van der Waals surface area (Å²) in [5.41, 5.74) is 7.41. The van der Waals surface area contributed by atoms with Crippen LogP contribution in [0.15, 0.2) is 54.6 Å². The molecule has 4 unspecified atom stereocenters. The number of carbonyl (C=O) groups excluding carboxylic acids is 3. The number of phenols is 1. The highest BCUT2D eigenvalue weighted by molar-refractivity contribution is 5.94. The maximum Gasteiger partial charge on any atom is 0.326 e. The van der Waals surface area contributed by atoms with Crippen molar-refractivity contribution in [2.75, 3.05) is 0 Å². The van der Waals surface area contributed by atoms with Crippen molar-refractivity contribution in [1.29, 1.82) is 0 Å². The van der Waals surface area contributed by atoms with Crippen LogP contribution in [-0.4, -0.2) is 69.1 Å². The first kappa shape index (κ1) is 32.8. The molecule has 2 rings (SSSR count). The quantitative estimate of drug-likeness (QED) is 0.153. The lowest BCUT2D eigenvalue weighted by atomic mass is 10.0. The van der Waals surface area contributed by atoms with Crippen LogP contribution in [0.4, 0.5) is 0 Å². The third-order valence-corrected chi connectivity index (χ3v) is 6.25. The number of amides is 3. The van der Waals surface area contributed by atoms with Gasteiger partial charge in [-0.25, -0.2) is 4.79 Å². The van der Waals surface area contributed by atoms with Gasteiger partial charge < -0.3 is 37.0 Å². The molecular formula is C29H38N4O8. The molecule has 2 aromatic rings. The summed E-state index contributed by atoms with van der Waals surface area (Å²) >= 11 is 0. The molecule has 0 aliphatic rings. The molecule has 12 nitrogen and oxygen atoms in total. The third-order valence-electron chi connectivity index (χ3n) is 6.25. The standard InChI is InChI=1S/C29H38N4O8/c1-17(2)14-23(32-26(37)21(30)15-19-8-10-20(34)11-9-19)28(39)31-22(12-13-25(35)36)27(38)33-24(29(40)41)16-18-6-4-3-5-7-18/h3-11,17,21-24,34H,12-16,30H2,1-2H3,(H,31,39)(H,32,37)(H,33,38)(H,35,36)(H,40,41). The maximum absolute atomic E-state index is 13.3. The Morgan fingerprint density at radius 1 is 0.732 bits per heavy atom. The van der Waals surface area contributed by atoms with E-state index in [0.717, 1.165) is 0 Å². The van der Waals surface area contributed by atoms with Crippen LogP contribution in [-0.2, 0) is 36.8 Å². The number of phenolic OH excluding ortho intramolecular Hbond substituents is 1. The minimum atomic E-state index is -1.37. The Hall–Kier alpha value is -4.45. The Kier molecular flexibility index (Phi) is 12.8. The largest absolute Gasteiger partial charge is 0.508 e. The lowest BCUT2D eigenvalue weighted by molar-refractivity contribution is -0.143. The molecule has 2 aromatic carbocycles. The molecule has 4 atom stereocenters. The number of rotatable bonds is 16. The molecule has 0 aliphatic carbocycles. The zero-order valence-electron chi connectivity index (χ0n) is 23.1. The van der Waals surface area contributed by atoms with Gasteiger partial charge in [-0.2, -0.15) is 0 Å². The predicted octanol–water partition coefficient (Wildman–Crippen LogP) is 0.955. The minimum Gasteiger partial charge on any atom is -0.508 e. The van der Waals surface area contributed by atoms with Gasteiger partial charge in [0, 0.05) is 12.8 Å². The average molecular weight is 571 g/mol. The summed E-state index contributed by atoms with van der Waals surface area (Å²) in [4.78, 5) is 62.3. The van der Waals surface area contributed by atoms with Crippen LogP contribution in [0.5, 0.6) is 5.75 Å². The Bertz CT molecular complexity index is 1190. The number of carbonyl (C=O) groups is 5. The first-order chi connectivity index (χ1) is 19.3. The van der Waals surface area contributed by atoms with Crippen molar-refractivity contribution < 1.29 is 39.3 Å². The molecule has 0 fully saturated rings. The SMILES string of the molecule is CC(C)CC(NC(=O)C(N)Cc1ccc(O)cc1)C(=O)NC(CCC(=O)O)C(=O)NC(Cc1ccccc1)C(=O)O. The van der Waals surface area contributed by atoms with Gasteiger partial charge in [-0.1, -0.05) is 56.3 Å². The molecule has 0 spiro atoms. The molecule has 0 bridgehead atoms. The fourth-order valence-electron chi connectivity index (χ4n) is 4.09. The number of hydrogen-bond acceptors (Lipinski definition) is 7. The number of nitrogens with one attached hydrogen (secondary N) is 3. The lowest BCUT2D eigenvalue weighted by Gasteiger charge is -2.26. The van der Waals surface area contributed by atoms with Gasteiger partial charge in [0.2, 0.25) is 17.7 Å². The topological polar surface area (TPSA) is 208 Å². The molecular weight excluding hydrogens is 532 g/mol. The second kappa shape index (κ2) is 16.0. The molecule has 41 heavy (non-hydrogen) atoms. The summed E-state index contributed by atoms with van der Waals surface area (Å²) in [5.74, 6) is -4.68. The van der Waals surface area contributed by atoms with E-state index < -0.39 is 60.2 Å². The summed E-state index contributed by atoms with van der Waals surface area (Å²) in [6.45, 7) is 3.66. The van der Waals surface area contributed by atoms with E-state index in [2.05, 4.69) is 16.0 Å². The first-order valence-electron chi connectivity index (χ1n) is 13.3. The molecule has 0 saturated carbocycles. The predicted molar refractivity (Wildman–Crippen MR) is 150 cm³/mol. The van der Waals surface area contributed by atoms with Gasteiger partial charge in [0.05, 0.1) is 6.04 Å².